The highest BCUT2D eigenvalue weighted by Gasteiger charge is 2.21. The number of ether oxygens (including phenoxy) is 1. The normalized spacial score (nSPS) is 11.6. The van der Waals surface area contributed by atoms with Crippen LogP contribution >= 0.6 is 15.9 Å². The van der Waals surface area contributed by atoms with E-state index >= 15 is 0 Å². The van der Waals surface area contributed by atoms with Crippen molar-refractivity contribution in [3.8, 4) is 22.7 Å². The molecule has 0 saturated carbocycles. The Morgan fingerprint density at radius 2 is 1.64 bits per heavy atom. The summed E-state index contributed by atoms with van der Waals surface area (Å²) in [7, 11) is 3.11. The third-order valence-electron chi connectivity index (χ3n) is 6.47. The van der Waals surface area contributed by atoms with E-state index in [1.54, 1.807) is 11.4 Å². The van der Waals surface area contributed by atoms with Crippen LogP contribution in [0.4, 0.5) is 0 Å². The van der Waals surface area contributed by atoms with E-state index in [0.717, 1.165) is 38.2 Å². The number of unbranched alkanes of at least 4 members (excludes halogenated alkanes) is 3. The number of aromatic nitrogens is 5. The molecule has 0 atom stereocenters. The third-order valence-corrected chi connectivity index (χ3v) is 7.00. The molecule has 0 fully saturated rings. The standard InChI is InChI=1S/C27H28BrN5O3/c1-4-5-6-7-16-36-21-14-12-20(13-15-21)33-22(18-8-10-19(28)11-9-18)17-32-23-24(29-26(32)33)30(2)27(35)31(3)25(23)34/h8-15,17H,4-7,16H2,1-3H3. The summed E-state index contributed by atoms with van der Waals surface area (Å²) in [5.74, 6) is 1.36. The summed E-state index contributed by atoms with van der Waals surface area (Å²) in [4.78, 5) is 30.3. The molecule has 0 radical (unpaired) electrons. The van der Waals surface area contributed by atoms with Crippen molar-refractivity contribution in [2.24, 2.45) is 14.1 Å². The summed E-state index contributed by atoms with van der Waals surface area (Å²) in [6.07, 6.45) is 6.53. The van der Waals surface area contributed by atoms with Crippen molar-refractivity contribution in [1.82, 2.24) is 23.1 Å². The minimum Gasteiger partial charge on any atom is -0.494 e. The summed E-state index contributed by atoms with van der Waals surface area (Å²) in [5.41, 5.74) is 2.63. The largest absolute Gasteiger partial charge is 0.494 e. The van der Waals surface area contributed by atoms with Crippen LogP contribution < -0.4 is 16.0 Å². The highest BCUT2D eigenvalue weighted by Crippen LogP contribution is 2.30. The van der Waals surface area contributed by atoms with Crippen molar-refractivity contribution >= 4 is 32.9 Å². The van der Waals surface area contributed by atoms with Crippen LogP contribution in [-0.4, -0.2) is 29.7 Å². The van der Waals surface area contributed by atoms with E-state index in [1.807, 2.05) is 59.3 Å². The lowest BCUT2D eigenvalue weighted by Gasteiger charge is -2.11. The van der Waals surface area contributed by atoms with Crippen molar-refractivity contribution in [1.29, 1.82) is 0 Å². The summed E-state index contributed by atoms with van der Waals surface area (Å²) < 4.78 is 13.2. The Kier molecular flexibility index (Phi) is 6.57. The molecule has 0 N–H and O–H groups in total. The molecule has 8 nitrogen and oxygen atoms in total. The van der Waals surface area contributed by atoms with Gasteiger partial charge in [0.05, 0.1) is 12.3 Å². The summed E-state index contributed by atoms with van der Waals surface area (Å²) in [6, 6.07) is 15.9. The van der Waals surface area contributed by atoms with Gasteiger partial charge in [-0.05, 0) is 42.8 Å². The van der Waals surface area contributed by atoms with Gasteiger partial charge in [-0.2, -0.15) is 4.98 Å². The fraction of sp³-hybridized carbons (Fsp3) is 0.296. The van der Waals surface area contributed by atoms with Gasteiger partial charge in [-0.3, -0.25) is 22.9 Å². The fourth-order valence-electron chi connectivity index (χ4n) is 4.46. The first-order valence-electron chi connectivity index (χ1n) is 12.1. The maximum absolute atomic E-state index is 13.1. The highest BCUT2D eigenvalue weighted by molar-refractivity contribution is 9.10. The molecule has 0 aliphatic carbocycles. The Morgan fingerprint density at radius 1 is 0.917 bits per heavy atom. The molecule has 3 aromatic heterocycles. The number of halogens is 1. The van der Waals surface area contributed by atoms with Gasteiger partial charge in [-0.15, -0.1) is 0 Å². The van der Waals surface area contributed by atoms with Gasteiger partial charge >= 0.3 is 5.69 Å². The van der Waals surface area contributed by atoms with Crippen molar-refractivity contribution < 1.29 is 4.74 Å². The predicted molar refractivity (Wildman–Crippen MR) is 145 cm³/mol. The van der Waals surface area contributed by atoms with Crippen molar-refractivity contribution in [2.75, 3.05) is 6.61 Å². The minimum atomic E-state index is -0.409. The highest BCUT2D eigenvalue weighted by atomic mass is 79.9. The number of fused-ring (bicyclic) bond motifs is 3. The molecule has 36 heavy (non-hydrogen) atoms. The lowest BCUT2D eigenvalue weighted by atomic mass is 10.1. The van der Waals surface area contributed by atoms with Crippen LogP contribution in [0.3, 0.4) is 0 Å². The van der Waals surface area contributed by atoms with Crippen LogP contribution in [0, 0.1) is 0 Å². The molecular weight excluding hydrogens is 522 g/mol. The van der Waals surface area contributed by atoms with Gasteiger partial charge < -0.3 is 4.74 Å². The van der Waals surface area contributed by atoms with E-state index in [-0.39, 0.29) is 5.56 Å². The van der Waals surface area contributed by atoms with Gasteiger partial charge in [0.2, 0.25) is 5.78 Å². The van der Waals surface area contributed by atoms with Crippen LogP contribution in [-0.2, 0) is 14.1 Å². The zero-order chi connectivity index (χ0) is 25.4. The number of benzene rings is 2. The zero-order valence-electron chi connectivity index (χ0n) is 20.6. The third kappa shape index (κ3) is 4.17. The van der Waals surface area contributed by atoms with Crippen LogP contribution in [0.2, 0.25) is 0 Å². The average molecular weight is 550 g/mol. The average Bonchev–Trinajstić information content (AvgIpc) is 3.43. The lowest BCUT2D eigenvalue weighted by Crippen LogP contribution is -2.37. The molecular formula is C27H28BrN5O3. The monoisotopic (exact) mass is 549 g/mol. The van der Waals surface area contributed by atoms with E-state index in [2.05, 4.69) is 22.9 Å². The van der Waals surface area contributed by atoms with E-state index in [0.29, 0.717) is 23.5 Å². The molecule has 0 aliphatic rings. The second kappa shape index (κ2) is 9.81. The Labute approximate surface area is 216 Å². The summed E-state index contributed by atoms with van der Waals surface area (Å²) in [5, 5.41) is 0. The molecule has 0 amide bonds. The molecule has 0 aliphatic heterocycles. The zero-order valence-corrected chi connectivity index (χ0v) is 22.2. The number of nitrogens with zero attached hydrogens (tertiary/aromatic N) is 5. The van der Waals surface area contributed by atoms with Gasteiger partial charge in [-0.1, -0.05) is 54.2 Å². The molecule has 5 aromatic rings. The molecule has 0 spiro atoms. The smallest absolute Gasteiger partial charge is 0.332 e. The first-order chi connectivity index (χ1) is 17.4. The Hall–Kier alpha value is -3.59. The Morgan fingerprint density at radius 3 is 2.33 bits per heavy atom. The van der Waals surface area contributed by atoms with Gasteiger partial charge in [0, 0.05) is 36.0 Å². The molecule has 3 heterocycles. The van der Waals surface area contributed by atoms with Gasteiger partial charge in [-0.25, -0.2) is 4.79 Å². The van der Waals surface area contributed by atoms with Gasteiger partial charge in [0.15, 0.2) is 11.2 Å². The molecule has 0 unspecified atom stereocenters. The van der Waals surface area contributed by atoms with E-state index < -0.39 is 5.69 Å². The van der Waals surface area contributed by atoms with Gasteiger partial charge in [0.1, 0.15) is 5.75 Å². The van der Waals surface area contributed by atoms with E-state index in [4.69, 9.17) is 9.72 Å². The van der Waals surface area contributed by atoms with E-state index in [1.165, 1.54) is 30.9 Å². The minimum absolute atomic E-state index is 0.348. The summed E-state index contributed by atoms with van der Waals surface area (Å²) in [6.45, 7) is 2.89. The van der Waals surface area contributed by atoms with Gasteiger partial charge in [0.25, 0.3) is 5.56 Å². The predicted octanol–water partition coefficient (Wildman–Crippen LogP) is 5.06. The SMILES string of the molecule is CCCCCCOc1ccc(-n2c(-c3ccc(Br)cc3)cn3c4c(=O)n(C)c(=O)n(C)c4nc23)cc1. The molecule has 2 aromatic carbocycles. The van der Waals surface area contributed by atoms with Crippen molar-refractivity contribution in [2.45, 2.75) is 32.6 Å². The van der Waals surface area contributed by atoms with Crippen molar-refractivity contribution in [3.05, 3.63) is 80.0 Å². The molecule has 0 saturated heterocycles. The number of hydrogen-bond donors (Lipinski definition) is 0. The summed E-state index contributed by atoms with van der Waals surface area (Å²) >= 11 is 3.50. The van der Waals surface area contributed by atoms with Crippen LogP contribution in [0.25, 0.3) is 33.9 Å². The second-order valence-corrected chi connectivity index (χ2v) is 9.84. The fourth-order valence-corrected chi connectivity index (χ4v) is 4.72. The second-order valence-electron chi connectivity index (χ2n) is 8.92. The first-order valence-corrected chi connectivity index (χ1v) is 12.9. The first kappa shape index (κ1) is 24.1. The number of hydrogen-bond acceptors (Lipinski definition) is 4. The van der Waals surface area contributed by atoms with Crippen LogP contribution in [0.5, 0.6) is 5.75 Å². The number of aryl methyl sites for hydroxylation is 1. The Balaban J connectivity index is 1.65. The molecule has 5 rings (SSSR count). The lowest BCUT2D eigenvalue weighted by molar-refractivity contribution is 0.305. The van der Waals surface area contributed by atoms with Crippen LogP contribution in [0.15, 0.2) is 68.8 Å². The number of rotatable bonds is 8. The maximum atomic E-state index is 13.1. The molecule has 186 valence electrons. The Bertz CT molecular complexity index is 1660. The maximum Gasteiger partial charge on any atom is 0.332 e. The van der Waals surface area contributed by atoms with E-state index in [9.17, 15) is 9.59 Å². The molecule has 0 bridgehead atoms. The molecule has 9 heteroatoms. The topological polar surface area (TPSA) is 75.5 Å². The quantitative estimate of drug-likeness (QED) is 0.253. The van der Waals surface area contributed by atoms with Crippen molar-refractivity contribution in [3.63, 3.8) is 0 Å². The number of imidazole rings is 2. The van der Waals surface area contributed by atoms with Crippen LogP contribution in [0.1, 0.15) is 32.6 Å².